The third-order valence-electron chi connectivity index (χ3n) is 3.65. The Labute approximate surface area is 106 Å². The quantitative estimate of drug-likeness (QED) is 0.875. The number of hydrogen-bond donors (Lipinski definition) is 1. The van der Waals surface area contributed by atoms with Crippen LogP contribution >= 0.6 is 0 Å². The molecular formula is C15H16N2O. The van der Waals surface area contributed by atoms with Crippen molar-refractivity contribution in [3.05, 3.63) is 42.5 Å². The normalized spacial score (nSPS) is 19.3. The Morgan fingerprint density at radius 1 is 1.17 bits per heavy atom. The Balaban J connectivity index is 2.01. The summed E-state index contributed by atoms with van der Waals surface area (Å²) < 4.78 is 0. The molecule has 1 saturated heterocycles. The number of amides is 1. The van der Waals surface area contributed by atoms with Gasteiger partial charge in [0.15, 0.2) is 0 Å². The van der Waals surface area contributed by atoms with E-state index in [0.29, 0.717) is 0 Å². The highest BCUT2D eigenvalue weighted by atomic mass is 16.1. The third kappa shape index (κ3) is 1.82. The molecule has 0 bridgehead atoms. The van der Waals surface area contributed by atoms with Gasteiger partial charge in [-0.2, -0.15) is 0 Å². The average Bonchev–Trinajstić information content (AvgIpc) is 2.87. The molecule has 2 aromatic rings. The number of hydrogen-bond acceptors (Lipinski definition) is 2. The minimum Gasteiger partial charge on any atom is -0.368 e. The second kappa shape index (κ2) is 4.33. The molecule has 1 atom stereocenters. The molecule has 92 valence electrons. The lowest BCUT2D eigenvalue weighted by molar-refractivity contribution is -0.119. The van der Waals surface area contributed by atoms with Gasteiger partial charge < -0.3 is 10.6 Å². The van der Waals surface area contributed by atoms with Crippen molar-refractivity contribution in [3.8, 4) is 0 Å². The summed E-state index contributed by atoms with van der Waals surface area (Å²) in [6.45, 7) is 0.909. The fourth-order valence-corrected chi connectivity index (χ4v) is 2.73. The summed E-state index contributed by atoms with van der Waals surface area (Å²) in [6.07, 6.45) is 1.89. The standard InChI is InChI=1S/C15H16N2O/c16-15(18)14-6-3-9-17(14)13-8-7-11-4-1-2-5-12(11)10-13/h1-2,4-5,7-8,10,14H,3,6,9H2,(H2,16,18)/t14-/m0/s1. The molecule has 3 nitrogen and oxygen atoms in total. The molecule has 2 N–H and O–H groups in total. The van der Waals surface area contributed by atoms with Gasteiger partial charge in [0, 0.05) is 12.2 Å². The van der Waals surface area contributed by atoms with Crippen LogP contribution in [0.2, 0.25) is 0 Å². The summed E-state index contributed by atoms with van der Waals surface area (Å²) in [6, 6.07) is 14.4. The zero-order valence-electron chi connectivity index (χ0n) is 10.2. The molecular weight excluding hydrogens is 224 g/mol. The number of nitrogens with two attached hydrogens (primary N) is 1. The van der Waals surface area contributed by atoms with E-state index in [1.54, 1.807) is 0 Å². The SMILES string of the molecule is NC(=O)[C@@H]1CCCN1c1ccc2ccccc2c1. The van der Waals surface area contributed by atoms with Crippen LogP contribution in [-0.2, 0) is 4.79 Å². The first kappa shape index (κ1) is 11.1. The van der Waals surface area contributed by atoms with Crippen LogP contribution in [0.1, 0.15) is 12.8 Å². The summed E-state index contributed by atoms with van der Waals surface area (Å²) in [5.74, 6) is -0.222. The van der Waals surface area contributed by atoms with E-state index in [0.717, 1.165) is 25.1 Å². The lowest BCUT2D eigenvalue weighted by Gasteiger charge is -2.24. The van der Waals surface area contributed by atoms with E-state index in [9.17, 15) is 4.79 Å². The van der Waals surface area contributed by atoms with Gasteiger partial charge in [0.25, 0.3) is 0 Å². The van der Waals surface area contributed by atoms with E-state index >= 15 is 0 Å². The number of anilines is 1. The van der Waals surface area contributed by atoms with Crippen molar-refractivity contribution in [2.45, 2.75) is 18.9 Å². The summed E-state index contributed by atoms with van der Waals surface area (Å²) in [5, 5.41) is 2.42. The summed E-state index contributed by atoms with van der Waals surface area (Å²) in [7, 11) is 0. The number of rotatable bonds is 2. The zero-order chi connectivity index (χ0) is 12.5. The molecule has 0 unspecified atom stereocenters. The molecule has 0 spiro atoms. The monoisotopic (exact) mass is 240 g/mol. The predicted molar refractivity (Wildman–Crippen MR) is 73.5 cm³/mol. The highest BCUT2D eigenvalue weighted by molar-refractivity contribution is 5.88. The van der Waals surface area contributed by atoms with Crippen LogP contribution in [0, 0.1) is 0 Å². The van der Waals surface area contributed by atoms with Crippen molar-refractivity contribution in [3.63, 3.8) is 0 Å². The zero-order valence-corrected chi connectivity index (χ0v) is 10.2. The minimum atomic E-state index is -0.222. The maximum atomic E-state index is 11.4. The van der Waals surface area contributed by atoms with Gasteiger partial charge in [0.2, 0.25) is 5.91 Å². The first-order valence-electron chi connectivity index (χ1n) is 6.30. The molecule has 1 amide bonds. The van der Waals surface area contributed by atoms with E-state index in [1.165, 1.54) is 10.8 Å². The van der Waals surface area contributed by atoms with Crippen LogP contribution in [0.5, 0.6) is 0 Å². The first-order chi connectivity index (χ1) is 8.75. The van der Waals surface area contributed by atoms with Gasteiger partial charge in [-0.15, -0.1) is 0 Å². The second-order valence-corrected chi connectivity index (χ2v) is 4.79. The number of carbonyl (C=O) groups excluding carboxylic acids is 1. The van der Waals surface area contributed by atoms with Gasteiger partial charge in [0.1, 0.15) is 6.04 Å². The Morgan fingerprint density at radius 3 is 2.72 bits per heavy atom. The molecule has 1 aliphatic heterocycles. The van der Waals surface area contributed by atoms with Crippen molar-refractivity contribution in [1.82, 2.24) is 0 Å². The molecule has 0 radical (unpaired) electrons. The summed E-state index contributed by atoms with van der Waals surface area (Å²) in [5.41, 5.74) is 6.55. The number of benzene rings is 2. The fourth-order valence-electron chi connectivity index (χ4n) is 2.73. The second-order valence-electron chi connectivity index (χ2n) is 4.79. The largest absolute Gasteiger partial charge is 0.368 e. The summed E-state index contributed by atoms with van der Waals surface area (Å²) in [4.78, 5) is 13.5. The molecule has 0 aliphatic carbocycles. The Hall–Kier alpha value is -2.03. The van der Waals surface area contributed by atoms with E-state index in [2.05, 4.69) is 35.2 Å². The molecule has 3 rings (SSSR count). The lowest BCUT2D eigenvalue weighted by Crippen LogP contribution is -2.40. The van der Waals surface area contributed by atoms with Crippen LogP contribution in [0.25, 0.3) is 10.8 Å². The highest BCUT2D eigenvalue weighted by Gasteiger charge is 2.28. The van der Waals surface area contributed by atoms with E-state index < -0.39 is 0 Å². The molecule has 1 heterocycles. The van der Waals surface area contributed by atoms with Crippen molar-refractivity contribution < 1.29 is 4.79 Å². The first-order valence-corrected chi connectivity index (χ1v) is 6.30. The molecule has 0 saturated carbocycles. The Bertz CT molecular complexity index is 594. The third-order valence-corrected chi connectivity index (χ3v) is 3.65. The number of nitrogens with zero attached hydrogens (tertiary/aromatic N) is 1. The summed E-state index contributed by atoms with van der Waals surface area (Å²) >= 11 is 0. The molecule has 2 aromatic carbocycles. The van der Waals surface area contributed by atoms with Crippen molar-refractivity contribution >= 4 is 22.4 Å². The van der Waals surface area contributed by atoms with Crippen LogP contribution < -0.4 is 10.6 Å². The molecule has 3 heteroatoms. The van der Waals surface area contributed by atoms with Gasteiger partial charge in [0.05, 0.1) is 0 Å². The number of carbonyl (C=O) groups is 1. The molecule has 18 heavy (non-hydrogen) atoms. The van der Waals surface area contributed by atoms with Gasteiger partial charge >= 0.3 is 0 Å². The maximum absolute atomic E-state index is 11.4. The Morgan fingerprint density at radius 2 is 1.94 bits per heavy atom. The average molecular weight is 240 g/mol. The van der Waals surface area contributed by atoms with Crippen molar-refractivity contribution in [2.24, 2.45) is 5.73 Å². The lowest BCUT2D eigenvalue weighted by atomic mass is 10.1. The van der Waals surface area contributed by atoms with E-state index in [1.807, 2.05) is 12.1 Å². The number of primary amides is 1. The van der Waals surface area contributed by atoms with E-state index in [4.69, 9.17) is 5.73 Å². The van der Waals surface area contributed by atoms with Crippen LogP contribution in [0.3, 0.4) is 0 Å². The highest BCUT2D eigenvalue weighted by Crippen LogP contribution is 2.28. The van der Waals surface area contributed by atoms with Crippen molar-refractivity contribution in [1.29, 1.82) is 0 Å². The smallest absolute Gasteiger partial charge is 0.240 e. The predicted octanol–water partition coefficient (Wildman–Crippen LogP) is 2.29. The van der Waals surface area contributed by atoms with Crippen LogP contribution in [0.15, 0.2) is 42.5 Å². The van der Waals surface area contributed by atoms with Gasteiger partial charge in [-0.3, -0.25) is 4.79 Å². The van der Waals surface area contributed by atoms with Crippen molar-refractivity contribution in [2.75, 3.05) is 11.4 Å². The molecule has 0 aromatic heterocycles. The topological polar surface area (TPSA) is 46.3 Å². The van der Waals surface area contributed by atoms with Crippen LogP contribution in [-0.4, -0.2) is 18.5 Å². The van der Waals surface area contributed by atoms with Gasteiger partial charge in [-0.25, -0.2) is 0 Å². The minimum absolute atomic E-state index is 0.147. The Kier molecular flexibility index (Phi) is 2.67. The van der Waals surface area contributed by atoms with Gasteiger partial charge in [-0.05, 0) is 35.7 Å². The van der Waals surface area contributed by atoms with E-state index in [-0.39, 0.29) is 11.9 Å². The fraction of sp³-hybridized carbons (Fsp3) is 0.267. The number of fused-ring (bicyclic) bond motifs is 1. The van der Waals surface area contributed by atoms with Crippen LogP contribution in [0.4, 0.5) is 5.69 Å². The van der Waals surface area contributed by atoms with Gasteiger partial charge in [-0.1, -0.05) is 30.3 Å². The molecule has 1 aliphatic rings. The maximum Gasteiger partial charge on any atom is 0.240 e. The molecule has 1 fully saturated rings.